The molecule has 3 N–H and O–H groups in total. The number of Topliss-reactive ketones (excluding diaryl/α,β-unsaturated/α-hetero) is 1. The number of aryl methyl sites for hydroxylation is 1. The van der Waals surface area contributed by atoms with Gasteiger partial charge in [0.2, 0.25) is 5.78 Å². The number of carbonyl (C=O) groups is 3. The van der Waals surface area contributed by atoms with E-state index in [-0.39, 0.29) is 12.1 Å². The predicted molar refractivity (Wildman–Crippen MR) is 97.4 cm³/mol. The minimum absolute atomic E-state index is 0.164. The van der Waals surface area contributed by atoms with Crippen LogP contribution in [0.3, 0.4) is 0 Å². The van der Waals surface area contributed by atoms with Crippen LogP contribution in [-0.2, 0) is 16.0 Å². The number of imidazole rings is 1. The summed E-state index contributed by atoms with van der Waals surface area (Å²) in [5.41, 5.74) is 6.13. The first kappa shape index (κ1) is 18.4. The van der Waals surface area contributed by atoms with Crippen molar-refractivity contribution in [2.45, 2.75) is 19.4 Å². The first-order valence-electron chi connectivity index (χ1n) is 7.93. The summed E-state index contributed by atoms with van der Waals surface area (Å²) in [5.74, 6) is -1.53. The molecule has 27 heavy (non-hydrogen) atoms. The maximum atomic E-state index is 12.8. The van der Waals surface area contributed by atoms with Crippen molar-refractivity contribution in [2.75, 3.05) is 0 Å². The molecule has 1 atom stereocenters. The highest BCUT2D eigenvalue weighted by atomic mass is 32.1. The van der Waals surface area contributed by atoms with Crippen LogP contribution in [0.1, 0.15) is 21.9 Å². The van der Waals surface area contributed by atoms with Crippen molar-refractivity contribution in [1.29, 1.82) is 0 Å². The lowest BCUT2D eigenvalue weighted by molar-refractivity contribution is -0.137. The van der Waals surface area contributed by atoms with Crippen LogP contribution in [0.5, 0.6) is 0 Å². The molecule has 0 fully saturated rings. The van der Waals surface area contributed by atoms with Crippen molar-refractivity contribution in [2.24, 2.45) is 5.73 Å². The van der Waals surface area contributed by atoms with E-state index >= 15 is 0 Å². The second-order valence-electron chi connectivity index (χ2n) is 5.68. The second-order valence-corrected chi connectivity index (χ2v) is 6.46. The molecule has 3 heterocycles. The number of primary amides is 1. The lowest BCUT2D eigenvalue weighted by atomic mass is 10.0. The van der Waals surface area contributed by atoms with Gasteiger partial charge in [-0.3, -0.25) is 19.0 Å². The van der Waals surface area contributed by atoms with Gasteiger partial charge < -0.3 is 11.1 Å². The number of amides is 2. The maximum absolute atomic E-state index is 12.8. The fraction of sp³-hybridized carbons (Fsp3) is 0.176. The number of ketones is 1. The van der Waals surface area contributed by atoms with Gasteiger partial charge in [0, 0.05) is 12.6 Å². The molecule has 0 spiro atoms. The Balaban J connectivity index is 1.88. The van der Waals surface area contributed by atoms with Crippen LogP contribution in [-0.4, -0.2) is 43.2 Å². The minimum atomic E-state index is -1.10. The smallest absolute Gasteiger partial charge is 0.287 e. The van der Waals surface area contributed by atoms with Crippen molar-refractivity contribution in [3.63, 3.8) is 0 Å². The van der Waals surface area contributed by atoms with E-state index in [2.05, 4.69) is 20.3 Å². The third-order valence-corrected chi connectivity index (χ3v) is 4.58. The molecule has 0 bridgehead atoms. The first-order chi connectivity index (χ1) is 13.0. The van der Waals surface area contributed by atoms with Gasteiger partial charge in [-0.05, 0) is 35.4 Å². The summed E-state index contributed by atoms with van der Waals surface area (Å²) in [6, 6.07) is 2.37. The Labute approximate surface area is 158 Å². The van der Waals surface area contributed by atoms with Crippen LogP contribution in [0.4, 0.5) is 0 Å². The number of rotatable bonds is 7. The Kier molecular flexibility index (Phi) is 5.36. The molecule has 1 unspecified atom stereocenters. The fourth-order valence-electron chi connectivity index (χ4n) is 2.57. The average Bonchev–Trinajstić information content (AvgIpc) is 3.30. The Bertz CT molecular complexity index is 968. The number of nitrogens with one attached hydrogen (secondary N) is 1. The number of aromatic nitrogens is 4. The fourth-order valence-corrected chi connectivity index (χ4v) is 3.25. The van der Waals surface area contributed by atoms with Crippen molar-refractivity contribution >= 4 is 28.9 Å². The molecule has 2 amide bonds. The summed E-state index contributed by atoms with van der Waals surface area (Å²) >= 11 is 1.45. The molecule has 0 saturated heterocycles. The molecule has 0 radical (unpaired) electrons. The lowest BCUT2D eigenvalue weighted by Crippen LogP contribution is -2.47. The highest BCUT2D eigenvalue weighted by molar-refractivity contribution is 7.07. The summed E-state index contributed by atoms with van der Waals surface area (Å²) < 4.78 is 1.54. The molecule has 10 heteroatoms. The van der Waals surface area contributed by atoms with Crippen LogP contribution in [0.25, 0.3) is 5.82 Å². The molecular weight excluding hydrogens is 368 g/mol. The van der Waals surface area contributed by atoms with Gasteiger partial charge in [-0.15, -0.1) is 0 Å². The Morgan fingerprint density at radius 1 is 1.30 bits per heavy atom. The summed E-state index contributed by atoms with van der Waals surface area (Å²) in [4.78, 5) is 48.5. The maximum Gasteiger partial charge on any atom is 0.287 e. The van der Waals surface area contributed by atoms with E-state index in [9.17, 15) is 14.4 Å². The molecule has 9 nitrogen and oxygen atoms in total. The van der Waals surface area contributed by atoms with Crippen molar-refractivity contribution < 1.29 is 14.4 Å². The van der Waals surface area contributed by atoms with Gasteiger partial charge in [-0.1, -0.05) is 0 Å². The molecule has 3 aromatic rings. The highest BCUT2D eigenvalue weighted by Gasteiger charge is 2.27. The molecule has 3 aromatic heterocycles. The predicted octanol–water partition coefficient (Wildman–Crippen LogP) is 0.428. The van der Waals surface area contributed by atoms with Crippen LogP contribution in [0.2, 0.25) is 0 Å². The Hall–Kier alpha value is -3.40. The molecule has 0 saturated carbocycles. The van der Waals surface area contributed by atoms with E-state index in [0.717, 1.165) is 5.56 Å². The first-order valence-corrected chi connectivity index (χ1v) is 8.88. The molecule has 0 aromatic carbocycles. The van der Waals surface area contributed by atoms with E-state index in [1.165, 1.54) is 28.4 Å². The molecule has 0 aliphatic heterocycles. The summed E-state index contributed by atoms with van der Waals surface area (Å²) in [6.07, 6.45) is 4.44. The van der Waals surface area contributed by atoms with Gasteiger partial charge in [0.15, 0.2) is 0 Å². The van der Waals surface area contributed by atoms with Gasteiger partial charge in [-0.2, -0.15) is 11.3 Å². The SMILES string of the molecule is Cc1ncc(C(=O)NC(Cc2ccsc2)C(=O)C(N)=O)n1-c1ccncn1. The van der Waals surface area contributed by atoms with Gasteiger partial charge >= 0.3 is 0 Å². The number of hydrogen-bond acceptors (Lipinski definition) is 7. The zero-order chi connectivity index (χ0) is 19.4. The van der Waals surface area contributed by atoms with E-state index in [1.54, 1.807) is 19.2 Å². The monoisotopic (exact) mass is 384 g/mol. The van der Waals surface area contributed by atoms with E-state index in [0.29, 0.717) is 11.6 Å². The molecule has 138 valence electrons. The highest BCUT2D eigenvalue weighted by Crippen LogP contribution is 2.13. The molecule has 3 rings (SSSR count). The minimum Gasteiger partial charge on any atom is -0.363 e. The summed E-state index contributed by atoms with van der Waals surface area (Å²) in [7, 11) is 0. The topological polar surface area (TPSA) is 133 Å². The average molecular weight is 384 g/mol. The molecular formula is C17H16N6O3S. The van der Waals surface area contributed by atoms with E-state index in [1.807, 2.05) is 16.8 Å². The van der Waals surface area contributed by atoms with Crippen LogP contribution < -0.4 is 11.1 Å². The number of nitrogens with two attached hydrogens (primary N) is 1. The Morgan fingerprint density at radius 2 is 2.11 bits per heavy atom. The standard InChI is InChI=1S/C17H16N6O3S/c1-10-20-7-13(23(10)14-2-4-19-9-21-14)17(26)22-12(15(24)16(18)25)6-11-3-5-27-8-11/h2-5,7-9,12H,6H2,1H3,(H2,18,25)(H,22,26). The summed E-state index contributed by atoms with van der Waals surface area (Å²) in [5, 5.41) is 6.27. The normalized spacial score (nSPS) is 11.7. The zero-order valence-corrected chi connectivity index (χ0v) is 15.1. The van der Waals surface area contributed by atoms with Crippen LogP contribution in [0.15, 0.2) is 41.6 Å². The number of hydrogen-bond donors (Lipinski definition) is 2. The van der Waals surface area contributed by atoms with Crippen molar-refractivity contribution in [3.8, 4) is 5.82 Å². The lowest BCUT2D eigenvalue weighted by Gasteiger charge is -2.16. The van der Waals surface area contributed by atoms with E-state index < -0.39 is 23.6 Å². The number of carbonyl (C=O) groups excluding carboxylic acids is 3. The summed E-state index contributed by atoms with van der Waals surface area (Å²) in [6.45, 7) is 1.72. The molecule has 0 aliphatic carbocycles. The quantitative estimate of drug-likeness (QED) is 0.568. The van der Waals surface area contributed by atoms with Crippen molar-refractivity contribution in [3.05, 3.63) is 58.7 Å². The van der Waals surface area contributed by atoms with E-state index in [4.69, 9.17) is 5.73 Å². The van der Waals surface area contributed by atoms with Gasteiger partial charge in [0.05, 0.1) is 6.20 Å². The third kappa shape index (κ3) is 4.06. The second kappa shape index (κ2) is 7.87. The number of nitrogens with zero attached hydrogens (tertiary/aromatic N) is 4. The van der Waals surface area contributed by atoms with Gasteiger partial charge in [0.1, 0.15) is 29.7 Å². The van der Waals surface area contributed by atoms with Crippen molar-refractivity contribution in [1.82, 2.24) is 24.8 Å². The molecule has 0 aliphatic rings. The van der Waals surface area contributed by atoms with Crippen LogP contribution >= 0.6 is 11.3 Å². The van der Waals surface area contributed by atoms with Crippen LogP contribution in [0, 0.1) is 6.92 Å². The zero-order valence-electron chi connectivity index (χ0n) is 14.3. The number of thiophene rings is 1. The largest absolute Gasteiger partial charge is 0.363 e. The Morgan fingerprint density at radius 3 is 2.74 bits per heavy atom. The third-order valence-electron chi connectivity index (χ3n) is 3.85. The van der Waals surface area contributed by atoms with Gasteiger partial charge in [-0.25, -0.2) is 15.0 Å². The van der Waals surface area contributed by atoms with Gasteiger partial charge in [0.25, 0.3) is 11.8 Å².